The Bertz CT molecular complexity index is 822. The minimum atomic E-state index is -0.781. The number of benzene rings is 2. The van der Waals surface area contributed by atoms with Gasteiger partial charge in [0.25, 0.3) is 0 Å². The van der Waals surface area contributed by atoms with E-state index in [0.29, 0.717) is 17.9 Å². The van der Waals surface area contributed by atoms with Crippen molar-refractivity contribution in [3.05, 3.63) is 53.6 Å². The zero-order chi connectivity index (χ0) is 18.1. The third-order valence-electron chi connectivity index (χ3n) is 5.03. The van der Waals surface area contributed by atoms with E-state index in [1.165, 1.54) is 0 Å². The van der Waals surface area contributed by atoms with Crippen LogP contribution >= 0.6 is 0 Å². The molecule has 6 heteroatoms. The van der Waals surface area contributed by atoms with E-state index in [2.05, 4.69) is 4.90 Å². The third kappa shape index (κ3) is 2.97. The molecule has 2 heterocycles. The summed E-state index contributed by atoms with van der Waals surface area (Å²) in [5, 5.41) is 9.67. The molecule has 4 rings (SSSR count). The van der Waals surface area contributed by atoms with Crippen LogP contribution in [-0.2, 0) is 4.79 Å². The number of aliphatic carboxylic acids is 1. The van der Waals surface area contributed by atoms with Gasteiger partial charge in [0.05, 0.1) is 13.2 Å². The number of carboxylic acid groups (broad SMARTS) is 1. The highest BCUT2D eigenvalue weighted by molar-refractivity contribution is 5.74. The number of carboxylic acids is 1. The van der Waals surface area contributed by atoms with Gasteiger partial charge in [0.2, 0.25) is 6.79 Å². The first kappa shape index (κ1) is 16.7. The highest BCUT2D eigenvalue weighted by atomic mass is 16.7. The Balaban J connectivity index is 1.79. The summed E-state index contributed by atoms with van der Waals surface area (Å²) >= 11 is 0. The van der Waals surface area contributed by atoms with E-state index in [1.807, 2.05) is 42.5 Å². The Morgan fingerprint density at radius 1 is 1.19 bits per heavy atom. The summed E-state index contributed by atoms with van der Waals surface area (Å²) in [6, 6.07) is 12.9. The van der Waals surface area contributed by atoms with E-state index in [9.17, 15) is 9.90 Å². The number of ether oxygens (including phenoxy) is 3. The van der Waals surface area contributed by atoms with Gasteiger partial charge in [0, 0.05) is 6.54 Å². The van der Waals surface area contributed by atoms with Gasteiger partial charge >= 0.3 is 5.97 Å². The molecule has 0 amide bonds. The largest absolute Gasteiger partial charge is 0.497 e. The number of fused-ring (bicyclic) bond motifs is 1. The molecule has 2 aromatic carbocycles. The molecule has 2 unspecified atom stereocenters. The fourth-order valence-electron chi connectivity index (χ4n) is 3.83. The van der Waals surface area contributed by atoms with Crippen LogP contribution in [0.15, 0.2) is 42.5 Å². The van der Waals surface area contributed by atoms with Gasteiger partial charge in [0.1, 0.15) is 11.8 Å². The predicted molar refractivity (Wildman–Crippen MR) is 94.8 cm³/mol. The second-order valence-corrected chi connectivity index (χ2v) is 6.53. The number of methoxy groups -OCH3 is 1. The lowest BCUT2D eigenvalue weighted by molar-refractivity contribution is -0.142. The topological polar surface area (TPSA) is 68.2 Å². The maximum absolute atomic E-state index is 11.8. The van der Waals surface area contributed by atoms with Crippen LogP contribution < -0.4 is 14.2 Å². The number of carbonyl (C=O) groups is 1. The third-order valence-corrected chi connectivity index (χ3v) is 5.03. The molecule has 1 fully saturated rings. The van der Waals surface area contributed by atoms with Crippen molar-refractivity contribution in [2.45, 2.75) is 24.9 Å². The van der Waals surface area contributed by atoms with Crippen molar-refractivity contribution in [1.29, 1.82) is 0 Å². The molecule has 0 saturated carbocycles. The molecule has 0 radical (unpaired) electrons. The van der Waals surface area contributed by atoms with E-state index in [0.717, 1.165) is 29.8 Å². The van der Waals surface area contributed by atoms with Gasteiger partial charge in [-0.2, -0.15) is 0 Å². The van der Waals surface area contributed by atoms with E-state index in [-0.39, 0.29) is 12.8 Å². The Hall–Kier alpha value is -2.73. The summed E-state index contributed by atoms with van der Waals surface area (Å²) in [5.74, 6) is 1.38. The van der Waals surface area contributed by atoms with Crippen LogP contribution in [-0.4, -0.2) is 42.5 Å². The number of hydrogen-bond acceptors (Lipinski definition) is 5. The maximum Gasteiger partial charge on any atom is 0.320 e. The fourth-order valence-corrected chi connectivity index (χ4v) is 3.83. The van der Waals surface area contributed by atoms with Gasteiger partial charge in [-0.1, -0.05) is 18.2 Å². The van der Waals surface area contributed by atoms with Crippen LogP contribution in [0.1, 0.15) is 30.0 Å². The van der Waals surface area contributed by atoms with Crippen LogP contribution in [0.25, 0.3) is 0 Å². The summed E-state index contributed by atoms with van der Waals surface area (Å²) in [4.78, 5) is 13.8. The monoisotopic (exact) mass is 355 g/mol. The number of likely N-dealkylation sites (tertiary alicyclic amines) is 1. The average molecular weight is 355 g/mol. The van der Waals surface area contributed by atoms with Crippen LogP contribution in [0, 0.1) is 0 Å². The first-order valence-electron chi connectivity index (χ1n) is 8.69. The predicted octanol–water partition coefficient (Wildman–Crippen LogP) is 3.06. The molecular weight excluding hydrogens is 334 g/mol. The fraction of sp³-hybridized carbons (Fsp3) is 0.350. The van der Waals surface area contributed by atoms with Gasteiger partial charge < -0.3 is 19.3 Å². The molecule has 0 aliphatic carbocycles. The smallest absolute Gasteiger partial charge is 0.320 e. The zero-order valence-corrected chi connectivity index (χ0v) is 14.6. The average Bonchev–Trinajstić information content (AvgIpc) is 3.31. The normalized spacial score (nSPS) is 20.1. The lowest BCUT2D eigenvalue weighted by atomic mass is 9.95. The van der Waals surface area contributed by atoms with Crippen molar-refractivity contribution in [3.8, 4) is 17.2 Å². The van der Waals surface area contributed by atoms with Crippen molar-refractivity contribution in [2.24, 2.45) is 0 Å². The Labute approximate surface area is 151 Å². The van der Waals surface area contributed by atoms with Crippen LogP contribution in [0.3, 0.4) is 0 Å². The first-order valence-corrected chi connectivity index (χ1v) is 8.69. The lowest BCUT2D eigenvalue weighted by Crippen LogP contribution is -2.39. The van der Waals surface area contributed by atoms with Crippen molar-refractivity contribution < 1.29 is 24.1 Å². The van der Waals surface area contributed by atoms with Crippen molar-refractivity contribution in [2.75, 3.05) is 20.4 Å². The first-order chi connectivity index (χ1) is 12.7. The summed E-state index contributed by atoms with van der Waals surface area (Å²) in [7, 11) is 1.63. The van der Waals surface area contributed by atoms with Crippen molar-refractivity contribution in [1.82, 2.24) is 4.90 Å². The van der Waals surface area contributed by atoms with Gasteiger partial charge in [-0.25, -0.2) is 0 Å². The molecule has 2 aliphatic rings. The van der Waals surface area contributed by atoms with E-state index >= 15 is 0 Å². The molecule has 0 aromatic heterocycles. The maximum atomic E-state index is 11.8. The molecular formula is C20H21NO5. The Morgan fingerprint density at radius 3 is 2.81 bits per heavy atom. The molecule has 2 aromatic rings. The van der Waals surface area contributed by atoms with Gasteiger partial charge in [-0.05, 0) is 48.2 Å². The zero-order valence-electron chi connectivity index (χ0n) is 14.6. The summed E-state index contributed by atoms with van der Waals surface area (Å²) in [6.07, 6.45) is 1.52. The molecule has 1 saturated heterocycles. The molecule has 6 nitrogen and oxygen atoms in total. The molecule has 2 aliphatic heterocycles. The Kier molecular flexibility index (Phi) is 4.42. The number of hydrogen-bond donors (Lipinski definition) is 1. The molecule has 26 heavy (non-hydrogen) atoms. The van der Waals surface area contributed by atoms with Gasteiger partial charge in [0.15, 0.2) is 11.5 Å². The lowest BCUT2D eigenvalue weighted by Gasteiger charge is -2.32. The highest BCUT2D eigenvalue weighted by Gasteiger charge is 2.37. The molecule has 136 valence electrons. The summed E-state index contributed by atoms with van der Waals surface area (Å²) in [6.45, 7) is 0.942. The van der Waals surface area contributed by atoms with Crippen LogP contribution in [0.4, 0.5) is 0 Å². The summed E-state index contributed by atoms with van der Waals surface area (Å²) < 4.78 is 16.3. The van der Waals surface area contributed by atoms with Gasteiger partial charge in [-0.15, -0.1) is 0 Å². The highest BCUT2D eigenvalue weighted by Crippen LogP contribution is 2.40. The van der Waals surface area contributed by atoms with Gasteiger partial charge in [-0.3, -0.25) is 9.69 Å². The standard InChI is InChI=1S/C20H21NO5/c1-24-15-5-2-4-13(10-15)19(21-9-3-6-16(21)20(22)23)14-7-8-17-18(11-14)26-12-25-17/h2,4-5,7-8,10-11,16,19H,3,6,9,12H2,1H3,(H,22,23). The van der Waals surface area contributed by atoms with Crippen LogP contribution in [0.2, 0.25) is 0 Å². The summed E-state index contributed by atoms with van der Waals surface area (Å²) in [5.41, 5.74) is 1.98. The quantitative estimate of drug-likeness (QED) is 0.889. The second kappa shape index (κ2) is 6.88. The van der Waals surface area contributed by atoms with Crippen molar-refractivity contribution >= 4 is 5.97 Å². The molecule has 0 bridgehead atoms. The SMILES string of the molecule is COc1cccc(C(c2ccc3c(c2)OCO3)N2CCCC2C(=O)O)c1. The molecule has 2 atom stereocenters. The Morgan fingerprint density at radius 2 is 2.00 bits per heavy atom. The van der Waals surface area contributed by atoms with E-state index < -0.39 is 12.0 Å². The number of rotatable bonds is 5. The minimum Gasteiger partial charge on any atom is -0.497 e. The molecule has 1 N–H and O–H groups in total. The number of nitrogens with zero attached hydrogens (tertiary/aromatic N) is 1. The van der Waals surface area contributed by atoms with Crippen molar-refractivity contribution in [3.63, 3.8) is 0 Å². The van der Waals surface area contributed by atoms with E-state index in [4.69, 9.17) is 14.2 Å². The minimum absolute atomic E-state index is 0.191. The second-order valence-electron chi connectivity index (χ2n) is 6.53. The van der Waals surface area contributed by atoms with E-state index in [1.54, 1.807) is 7.11 Å². The van der Waals surface area contributed by atoms with Crippen LogP contribution in [0.5, 0.6) is 17.2 Å². The molecule has 0 spiro atoms.